The van der Waals surface area contributed by atoms with Crippen molar-refractivity contribution < 1.29 is 14.7 Å². The Kier molecular flexibility index (Phi) is 5.21. The molecule has 1 aromatic heterocycles. The first-order valence-electron chi connectivity index (χ1n) is 5.48. The van der Waals surface area contributed by atoms with Gasteiger partial charge in [-0.2, -0.15) is 16.9 Å². The summed E-state index contributed by atoms with van der Waals surface area (Å²) in [6, 6.07) is -0.857. The maximum atomic E-state index is 11.9. The molecule has 0 aromatic carbocycles. The van der Waals surface area contributed by atoms with Crippen LogP contribution in [0, 0.1) is 6.92 Å². The Morgan fingerprint density at radius 3 is 2.72 bits per heavy atom. The van der Waals surface area contributed by atoms with Crippen LogP contribution in [0.4, 0.5) is 0 Å². The molecular weight excluding hydrogens is 254 g/mol. The van der Waals surface area contributed by atoms with Gasteiger partial charge >= 0.3 is 5.97 Å². The molecular formula is C11H17N3O3S. The second kappa shape index (κ2) is 6.44. The van der Waals surface area contributed by atoms with Crippen LogP contribution in [0.1, 0.15) is 22.5 Å². The number of carboxylic acids is 1. The first-order chi connectivity index (χ1) is 8.47. The van der Waals surface area contributed by atoms with Gasteiger partial charge in [-0.1, -0.05) is 0 Å². The zero-order valence-corrected chi connectivity index (χ0v) is 11.5. The van der Waals surface area contributed by atoms with Gasteiger partial charge in [-0.25, -0.2) is 4.79 Å². The van der Waals surface area contributed by atoms with Crippen molar-refractivity contribution in [1.82, 2.24) is 15.1 Å². The van der Waals surface area contributed by atoms with Crippen molar-refractivity contribution in [2.45, 2.75) is 19.4 Å². The fraction of sp³-hybridized carbons (Fsp3) is 0.545. The molecule has 18 heavy (non-hydrogen) atoms. The van der Waals surface area contributed by atoms with E-state index in [2.05, 4.69) is 10.4 Å². The van der Waals surface area contributed by atoms with Gasteiger partial charge in [-0.15, -0.1) is 0 Å². The van der Waals surface area contributed by atoms with E-state index in [9.17, 15) is 9.59 Å². The largest absolute Gasteiger partial charge is 0.480 e. The molecule has 7 heteroatoms. The summed E-state index contributed by atoms with van der Waals surface area (Å²) in [5.41, 5.74) is 1.12. The van der Waals surface area contributed by atoms with Crippen molar-refractivity contribution >= 4 is 23.6 Å². The molecule has 0 spiro atoms. The van der Waals surface area contributed by atoms with Gasteiger partial charge in [0.05, 0.1) is 11.8 Å². The Labute approximate surface area is 110 Å². The number of carboxylic acid groups (broad SMARTS) is 1. The molecule has 0 bridgehead atoms. The third kappa shape index (κ3) is 3.49. The Balaban J connectivity index is 2.72. The minimum absolute atomic E-state index is 0.394. The maximum Gasteiger partial charge on any atom is 0.326 e. The summed E-state index contributed by atoms with van der Waals surface area (Å²) in [7, 11) is 1.73. The fourth-order valence-corrected chi connectivity index (χ4v) is 1.92. The molecule has 1 aromatic rings. The molecule has 0 fully saturated rings. The standard InChI is InChI=1S/C11H17N3O3S/c1-7-8(6-12-14(7)2)10(15)13-9(11(16)17)4-5-18-3/h6,9H,4-5H2,1-3H3,(H,13,15)(H,16,17). The summed E-state index contributed by atoms with van der Waals surface area (Å²) in [4.78, 5) is 22.9. The smallest absolute Gasteiger partial charge is 0.326 e. The monoisotopic (exact) mass is 271 g/mol. The number of amides is 1. The predicted molar refractivity (Wildman–Crippen MR) is 69.8 cm³/mol. The van der Waals surface area contributed by atoms with Gasteiger partial charge < -0.3 is 10.4 Å². The Hall–Kier alpha value is -1.50. The second-order valence-corrected chi connectivity index (χ2v) is 4.90. The molecule has 0 saturated heterocycles. The number of nitrogens with zero attached hydrogens (tertiary/aromatic N) is 2. The highest BCUT2D eigenvalue weighted by Crippen LogP contribution is 2.07. The van der Waals surface area contributed by atoms with E-state index in [-0.39, 0.29) is 0 Å². The highest BCUT2D eigenvalue weighted by atomic mass is 32.2. The van der Waals surface area contributed by atoms with Gasteiger partial charge in [-0.3, -0.25) is 9.48 Å². The lowest BCUT2D eigenvalue weighted by atomic mass is 10.2. The minimum atomic E-state index is -1.01. The van der Waals surface area contributed by atoms with Crippen LogP contribution in [0.25, 0.3) is 0 Å². The highest BCUT2D eigenvalue weighted by Gasteiger charge is 2.22. The zero-order chi connectivity index (χ0) is 13.7. The van der Waals surface area contributed by atoms with Crippen LogP contribution in [-0.2, 0) is 11.8 Å². The van der Waals surface area contributed by atoms with Gasteiger partial charge in [0.15, 0.2) is 0 Å². The minimum Gasteiger partial charge on any atom is -0.480 e. The summed E-state index contributed by atoms with van der Waals surface area (Å²) in [6.07, 6.45) is 3.74. The van der Waals surface area contributed by atoms with Crippen molar-refractivity contribution in [3.63, 3.8) is 0 Å². The summed E-state index contributed by atoms with van der Waals surface area (Å²) < 4.78 is 1.58. The maximum absolute atomic E-state index is 11.9. The van der Waals surface area contributed by atoms with Crippen LogP contribution < -0.4 is 5.32 Å². The number of aromatic nitrogens is 2. The van der Waals surface area contributed by atoms with Gasteiger partial charge in [0.2, 0.25) is 0 Å². The molecule has 6 nitrogen and oxygen atoms in total. The number of thioether (sulfide) groups is 1. The van der Waals surface area contributed by atoms with Crippen LogP contribution in [-0.4, -0.2) is 44.8 Å². The number of aliphatic carboxylic acids is 1. The molecule has 100 valence electrons. The van der Waals surface area contributed by atoms with E-state index in [1.165, 1.54) is 6.20 Å². The number of hydrogen-bond donors (Lipinski definition) is 2. The molecule has 1 atom stereocenters. The van der Waals surface area contributed by atoms with Gasteiger partial charge in [-0.05, 0) is 25.4 Å². The quantitative estimate of drug-likeness (QED) is 0.794. The SMILES string of the molecule is CSCCC(NC(=O)c1cnn(C)c1C)C(=O)O. The number of carbonyl (C=O) groups is 2. The van der Waals surface area contributed by atoms with Crippen LogP contribution in [0.2, 0.25) is 0 Å². The zero-order valence-electron chi connectivity index (χ0n) is 10.6. The van der Waals surface area contributed by atoms with E-state index in [4.69, 9.17) is 5.11 Å². The van der Waals surface area contributed by atoms with Crippen LogP contribution >= 0.6 is 11.8 Å². The average molecular weight is 271 g/mol. The van der Waals surface area contributed by atoms with Crippen molar-refractivity contribution in [2.75, 3.05) is 12.0 Å². The number of hydrogen-bond acceptors (Lipinski definition) is 4. The Bertz CT molecular complexity index is 445. The third-order valence-corrected chi connectivity index (χ3v) is 3.34. The summed E-state index contributed by atoms with van der Waals surface area (Å²) in [5, 5.41) is 15.5. The normalized spacial score (nSPS) is 12.2. The van der Waals surface area contributed by atoms with Crippen molar-refractivity contribution in [3.05, 3.63) is 17.5 Å². The number of carbonyl (C=O) groups excluding carboxylic acids is 1. The lowest BCUT2D eigenvalue weighted by molar-refractivity contribution is -0.139. The summed E-state index contributed by atoms with van der Waals surface area (Å²) in [6.45, 7) is 1.76. The van der Waals surface area contributed by atoms with E-state index in [1.54, 1.807) is 30.4 Å². The van der Waals surface area contributed by atoms with E-state index < -0.39 is 17.9 Å². The third-order valence-electron chi connectivity index (χ3n) is 2.69. The molecule has 0 aliphatic rings. The van der Waals surface area contributed by atoms with Gasteiger partial charge in [0, 0.05) is 12.7 Å². The number of rotatable bonds is 6. The van der Waals surface area contributed by atoms with Gasteiger partial charge in [0.25, 0.3) is 5.91 Å². The molecule has 1 rings (SSSR count). The molecule has 0 aliphatic heterocycles. The van der Waals surface area contributed by atoms with Crippen LogP contribution in [0.5, 0.6) is 0 Å². The second-order valence-electron chi connectivity index (χ2n) is 3.91. The summed E-state index contributed by atoms with van der Waals surface area (Å²) >= 11 is 1.55. The number of nitrogens with one attached hydrogen (secondary N) is 1. The highest BCUT2D eigenvalue weighted by molar-refractivity contribution is 7.98. The fourth-order valence-electron chi connectivity index (χ4n) is 1.45. The van der Waals surface area contributed by atoms with Crippen LogP contribution in [0.15, 0.2) is 6.20 Å². The van der Waals surface area contributed by atoms with Crippen LogP contribution in [0.3, 0.4) is 0 Å². The number of aryl methyl sites for hydroxylation is 1. The topological polar surface area (TPSA) is 84.2 Å². The lowest BCUT2D eigenvalue weighted by Crippen LogP contribution is -2.41. The molecule has 1 heterocycles. The van der Waals surface area contributed by atoms with E-state index in [0.717, 1.165) is 0 Å². The first-order valence-corrected chi connectivity index (χ1v) is 6.88. The molecule has 0 radical (unpaired) electrons. The molecule has 1 unspecified atom stereocenters. The predicted octanol–water partition coefficient (Wildman–Crippen LogP) is 0.665. The van der Waals surface area contributed by atoms with E-state index >= 15 is 0 Å². The lowest BCUT2D eigenvalue weighted by Gasteiger charge is -2.13. The van der Waals surface area contributed by atoms with Crippen molar-refractivity contribution in [2.24, 2.45) is 7.05 Å². The van der Waals surface area contributed by atoms with E-state index in [0.29, 0.717) is 23.4 Å². The molecule has 0 saturated carbocycles. The molecule has 1 amide bonds. The average Bonchev–Trinajstić information content (AvgIpc) is 2.65. The first kappa shape index (κ1) is 14.6. The molecule has 0 aliphatic carbocycles. The van der Waals surface area contributed by atoms with Crippen molar-refractivity contribution in [1.29, 1.82) is 0 Å². The van der Waals surface area contributed by atoms with Gasteiger partial charge in [0.1, 0.15) is 6.04 Å². The molecule has 2 N–H and O–H groups in total. The summed E-state index contributed by atoms with van der Waals surface area (Å²) in [5.74, 6) is -0.725. The van der Waals surface area contributed by atoms with E-state index in [1.807, 2.05) is 6.26 Å². The Morgan fingerprint density at radius 1 is 1.61 bits per heavy atom. The van der Waals surface area contributed by atoms with Crippen molar-refractivity contribution in [3.8, 4) is 0 Å². The Morgan fingerprint density at radius 2 is 2.28 bits per heavy atom.